The molecule has 1 amide bonds. The van der Waals surface area contributed by atoms with Crippen molar-refractivity contribution in [2.75, 3.05) is 6.54 Å². The van der Waals surface area contributed by atoms with Crippen molar-refractivity contribution in [2.45, 2.75) is 32.2 Å². The van der Waals surface area contributed by atoms with Gasteiger partial charge in [-0.2, -0.15) is 0 Å². The number of rotatable bonds is 2. The lowest BCUT2D eigenvalue weighted by Crippen LogP contribution is -2.29. The van der Waals surface area contributed by atoms with Crippen LogP contribution in [0.2, 0.25) is 0 Å². The van der Waals surface area contributed by atoms with Crippen LogP contribution in [0.15, 0.2) is 24.5 Å². The van der Waals surface area contributed by atoms with E-state index < -0.39 is 0 Å². The second-order valence-corrected chi connectivity index (χ2v) is 3.88. The maximum absolute atomic E-state index is 11.7. The molecule has 3 nitrogen and oxygen atoms in total. The van der Waals surface area contributed by atoms with Gasteiger partial charge in [-0.05, 0) is 30.5 Å². The molecule has 1 aromatic rings. The van der Waals surface area contributed by atoms with Crippen LogP contribution in [0.4, 0.5) is 0 Å². The summed E-state index contributed by atoms with van der Waals surface area (Å²) in [5, 5.41) is 0. The molecule has 2 rings (SSSR count). The second kappa shape index (κ2) is 4.43. The molecule has 15 heavy (non-hydrogen) atoms. The molecule has 1 aliphatic rings. The van der Waals surface area contributed by atoms with Crippen molar-refractivity contribution in [3.8, 4) is 0 Å². The van der Waals surface area contributed by atoms with Crippen LogP contribution >= 0.6 is 0 Å². The van der Waals surface area contributed by atoms with Gasteiger partial charge in [-0.1, -0.05) is 6.92 Å². The highest BCUT2D eigenvalue weighted by Gasteiger charge is 2.28. The molecule has 1 atom stereocenters. The van der Waals surface area contributed by atoms with Gasteiger partial charge < -0.3 is 4.90 Å². The van der Waals surface area contributed by atoms with Crippen molar-refractivity contribution < 1.29 is 4.79 Å². The summed E-state index contributed by atoms with van der Waals surface area (Å²) in [6.45, 7) is 2.82. The van der Waals surface area contributed by atoms with Crippen LogP contribution in [0.1, 0.15) is 37.8 Å². The minimum atomic E-state index is 0.259. The van der Waals surface area contributed by atoms with Crippen molar-refractivity contribution in [3.05, 3.63) is 30.1 Å². The standard InChI is InChI=1S/C12H16N2O/c1-2-12(15)14-9-3-4-11(14)10-5-7-13-8-6-10/h5-8,11H,2-4,9H2,1H3. The van der Waals surface area contributed by atoms with E-state index in [-0.39, 0.29) is 11.9 Å². The van der Waals surface area contributed by atoms with E-state index >= 15 is 0 Å². The largest absolute Gasteiger partial charge is 0.336 e. The Hall–Kier alpha value is -1.38. The van der Waals surface area contributed by atoms with Crippen molar-refractivity contribution >= 4 is 5.91 Å². The maximum Gasteiger partial charge on any atom is 0.222 e. The number of pyridine rings is 1. The van der Waals surface area contributed by atoms with E-state index in [9.17, 15) is 4.79 Å². The van der Waals surface area contributed by atoms with Gasteiger partial charge in [0, 0.05) is 25.4 Å². The Bertz CT molecular complexity index is 337. The molecule has 0 aliphatic carbocycles. The van der Waals surface area contributed by atoms with Crippen molar-refractivity contribution in [1.82, 2.24) is 9.88 Å². The van der Waals surface area contributed by atoms with E-state index in [1.165, 1.54) is 5.56 Å². The lowest BCUT2D eigenvalue weighted by molar-refractivity contribution is -0.131. The number of carbonyl (C=O) groups excluding carboxylic acids is 1. The summed E-state index contributed by atoms with van der Waals surface area (Å²) in [5.41, 5.74) is 1.21. The summed E-state index contributed by atoms with van der Waals surface area (Å²) >= 11 is 0. The van der Waals surface area contributed by atoms with Crippen molar-refractivity contribution in [2.24, 2.45) is 0 Å². The number of hydrogen-bond acceptors (Lipinski definition) is 2. The highest BCUT2D eigenvalue weighted by molar-refractivity contribution is 5.76. The van der Waals surface area contributed by atoms with Gasteiger partial charge >= 0.3 is 0 Å². The zero-order valence-electron chi connectivity index (χ0n) is 9.02. The Morgan fingerprint density at radius 1 is 1.53 bits per heavy atom. The van der Waals surface area contributed by atoms with Gasteiger partial charge in [0.15, 0.2) is 0 Å². The molecule has 1 aromatic heterocycles. The summed E-state index contributed by atoms with van der Waals surface area (Å²) in [5.74, 6) is 0.259. The molecule has 0 N–H and O–H groups in total. The van der Waals surface area contributed by atoms with Gasteiger partial charge in [-0.15, -0.1) is 0 Å². The molecular weight excluding hydrogens is 188 g/mol. The zero-order valence-corrected chi connectivity index (χ0v) is 9.02. The fraction of sp³-hybridized carbons (Fsp3) is 0.500. The van der Waals surface area contributed by atoms with Crippen molar-refractivity contribution in [3.63, 3.8) is 0 Å². The summed E-state index contributed by atoms with van der Waals surface area (Å²) in [7, 11) is 0. The predicted octanol–water partition coefficient (Wildman–Crippen LogP) is 2.16. The summed E-state index contributed by atoms with van der Waals surface area (Å²) < 4.78 is 0. The van der Waals surface area contributed by atoms with E-state index in [1.807, 2.05) is 24.0 Å². The summed E-state index contributed by atoms with van der Waals surface area (Å²) in [6, 6.07) is 4.29. The van der Waals surface area contributed by atoms with E-state index in [1.54, 1.807) is 12.4 Å². The lowest BCUT2D eigenvalue weighted by Gasteiger charge is -2.24. The average Bonchev–Trinajstić information content (AvgIpc) is 2.78. The Morgan fingerprint density at radius 2 is 2.27 bits per heavy atom. The fourth-order valence-electron chi connectivity index (χ4n) is 2.20. The number of amides is 1. The fourth-order valence-corrected chi connectivity index (χ4v) is 2.20. The average molecular weight is 204 g/mol. The van der Waals surface area contributed by atoms with Gasteiger partial charge in [0.2, 0.25) is 5.91 Å². The highest BCUT2D eigenvalue weighted by atomic mass is 16.2. The first kappa shape index (κ1) is 10.1. The monoisotopic (exact) mass is 204 g/mol. The minimum Gasteiger partial charge on any atom is -0.336 e. The topological polar surface area (TPSA) is 33.2 Å². The van der Waals surface area contributed by atoms with Crippen LogP contribution < -0.4 is 0 Å². The molecule has 3 heteroatoms. The van der Waals surface area contributed by atoms with Gasteiger partial charge in [-0.25, -0.2) is 0 Å². The number of carbonyl (C=O) groups is 1. The molecule has 0 bridgehead atoms. The van der Waals surface area contributed by atoms with E-state index in [4.69, 9.17) is 0 Å². The van der Waals surface area contributed by atoms with Crippen LogP contribution in [0.25, 0.3) is 0 Å². The Kier molecular flexibility index (Phi) is 2.99. The number of hydrogen-bond donors (Lipinski definition) is 0. The third kappa shape index (κ3) is 2.01. The van der Waals surface area contributed by atoms with Crippen LogP contribution in [0, 0.1) is 0 Å². The molecule has 80 valence electrons. The summed E-state index contributed by atoms with van der Waals surface area (Å²) in [6.07, 6.45) is 6.38. The first-order chi connectivity index (χ1) is 7.33. The Morgan fingerprint density at radius 3 is 2.93 bits per heavy atom. The van der Waals surface area contributed by atoms with Crippen LogP contribution in [0.5, 0.6) is 0 Å². The molecule has 0 spiro atoms. The second-order valence-electron chi connectivity index (χ2n) is 3.88. The Labute approximate surface area is 90.1 Å². The smallest absolute Gasteiger partial charge is 0.222 e. The van der Waals surface area contributed by atoms with Gasteiger partial charge in [0.1, 0.15) is 0 Å². The van der Waals surface area contributed by atoms with E-state index in [0.29, 0.717) is 6.42 Å². The Balaban J connectivity index is 2.18. The van der Waals surface area contributed by atoms with E-state index in [0.717, 1.165) is 19.4 Å². The number of likely N-dealkylation sites (tertiary alicyclic amines) is 1. The van der Waals surface area contributed by atoms with Crippen LogP contribution in [-0.2, 0) is 4.79 Å². The molecule has 1 fully saturated rings. The normalized spacial score (nSPS) is 20.6. The van der Waals surface area contributed by atoms with Crippen LogP contribution in [0.3, 0.4) is 0 Å². The lowest BCUT2D eigenvalue weighted by atomic mass is 10.1. The number of aromatic nitrogens is 1. The van der Waals surface area contributed by atoms with Gasteiger partial charge in [-0.3, -0.25) is 9.78 Å². The SMILES string of the molecule is CCC(=O)N1CCCC1c1ccncc1. The van der Waals surface area contributed by atoms with Crippen LogP contribution in [-0.4, -0.2) is 22.3 Å². The number of nitrogens with zero attached hydrogens (tertiary/aromatic N) is 2. The highest BCUT2D eigenvalue weighted by Crippen LogP contribution is 2.31. The third-order valence-electron chi connectivity index (χ3n) is 2.97. The minimum absolute atomic E-state index is 0.259. The third-order valence-corrected chi connectivity index (χ3v) is 2.97. The maximum atomic E-state index is 11.7. The first-order valence-electron chi connectivity index (χ1n) is 5.52. The first-order valence-corrected chi connectivity index (χ1v) is 5.52. The molecule has 1 aliphatic heterocycles. The molecule has 0 aromatic carbocycles. The summed E-state index contributed by atoms with van der Waals surface area (Å²) in [4.78, 5) is 17.7. The molecular formula is C12H16N2O. The molecule has 2 heterocycles. The molecule has 1 unspecified atom stereocenters. The van der Waals surface area contributed by atoms with Crippen molar-refractivity contribution in [1.29, 1.82) is 0 Å². The van der Waals surface area contributed by atoms with E-state index in [2.05, 4.69) is 4.98 Å². The molecule has 0 saturated carbocycles. The quantitative estimate of drug-likeness (QED) is 0.739. The zero-order chi connectivity index (χ0) is 10.7. The predicted molar refractivity (Wildman–Crippen MR) is 58.2 cm³/mol. The molecule has 1 saturated heterocycles. The van der Waals surface area contributed by atoms with Gasteiger partial charge in [0.25, 0.3) is 0 Å². The molecule has 0 radical (unpaired) electrons. The van der Waals surface area contributed by atoms with Gasteiger partial charge in [0.05, 0.1) is 6.04 Å².